The van der Waals surface area contributed by atoms with E-state index in [1.807, 2.05) is 24.3 Å². The van der Waals surface area contributed by atoms with E-state index in [-0.39, 0.29) is 0 Å². The van der Waals surface area contributed by atoms with Crippen LogP contribution in [0.25, 0.3) is 33.4 Å². The molecule has 0 N–H and O–H groups in total. The third-order valence-electron chi connectivity index (χ3n) is 4.63. The molecule has 2 aromatic heterocycles. The van der Waals surface area contributed by atoms with Crippen molar-refractivity contribution in [1.29, 1.82) is 0 Å². The first kappa shape index (κ1) is 11.7. The van der Waals surface area contributed by atoms with E-state index < -0.39 is 0 Å². The van der Waals surface area contributed by atoms with E-state index in [1.165, 1.54) is 21.7 Å². The minimum Gasteiger partial charge on any atom is -0.307 e. The Morgan fingerprint density at radius 2 is 1.90 bits per heavy atom. The fourth-order valence-electron chi connectivity index (χ4n) is 3.85. The summed E-state index contributed by atoms with van der Waals surface area (Å²) in [6.07, 6.45) is 4.44. The number of benzene rings is 2. The molecule has 0 saturated heterocycles. The van der Waals surface area contributed by atoms with Crippen LogP contribution in [0.1, 0.15) is 12.0 Å². The Balaban J connectivity index is 2.27. The van der Waals surface area contributed by atoms with Crippen LogP contribution in [0.15, 0.2) is 36.4 Å². The lowest BCUT2D eigenvalue weighted by Gasteiger charge is -2.04. The Bertz CT molecular complexity index is 1110. The molecule has 2 radical (unpaired) electrons. The van der Waals surface area contributed by atoms with Crippen molar-refractivity contribution in [2.24, 2.45) is 0 Å². The molecule has 0 fully saturated rings. The zero-order valence-corrected chi connectivity index (χ0v) is 12.1. The third kappa shape index (κ3) is 1.29. The molecule has 1 nitrogen and oxygen atoms in total. The summed E-state index contributed by atoms with van der Waals surface area (Å²) in [5, 5.41) is 4.51. The Morgan fingerprint density at radius 3 is 2.81 bits per heavy atom. The quantitative estimate of drug-likeness (QED) is 0.438. The molecular weight excluding hydrogens is 276 g/mol. The summed E-state index contributed by atoms with van der Waals surface area (Å²) in [5.74, 6) is 0. The average molecular weight is 288 g/mol. The molecule has 0 saturated carbocycles. The van der Waals surface area contributed by atoms with Crippen LogP contribution in [0.3, 0.4) is 0 Å². The summed E-state index contributed by atoms with van der Waals surface area (Å²) in [5.41, 5.74) is 5.80. The van der Waals surface area contributed by atoms with Gasteiger partial charge in [-0.3, -0.25) is 0 Å². The zero-order chi connectivity index (χ0) is 14.1. The molecule has 2 heterocycles. The van der Waals surface area contributed by atoms with Crippen molar-refractivity contribution in [2.75, 3.05) is 0 Å². The molecule has 0 aliphatic heterocycles. The predicted molar refractivity (Wildman–Crippen MR) is 90.8 cm³/mol. The van der Waals surface area contributed by atoms with Gasteiger partial charge in [-0.1, -0.05) is 47.4 Å². The maximum atomic E-state index is 6.51. The lowest BCUT2D eigenvalue weighted by atomic mass is 9.90. The second kappa shape index (κ2) is 3.83. The number of nitrogens with zero attached hydrogens (tertiary/aromatic N) is 1. The highest BCUT2D eigenvalue weighted by atomic mass is 35.5. The summed E-state index contributed by atoms with van der Waals surface area (Å²) >= 11 is 6.51. The lowest BCUT2D eigenvalue weighted by Crippen LogP contribution is -2.13. The van der Waals surface area contributed by atoms with E-state index in [1.54, 1.807) is 0 Å². The van der Waals surface area contributed by atoms with Crippen molar-refractivity contribution in [1.82, 2.24) is 4.40 Å². The smallest absolute Gasteiger partial charge is 0.114 e. The number of hydrogen-bond acceptors (Lipinski definition) is 0. The monoisotopic (exact) mass is 287 g/mol. The van der Waals surface area contributed by atoms with Gasteiger partial charge in [-0.05, 0) is 30.5 Å². The van der Waals surface area contributed by atoms with Crippen LogP contribution in [0.4, 0.5) is 0 Å². The Labute approximate surface area is 128 Å². The van der Waals surface area contributed by atoms with E-state index in [0.717, 1.165) is 39.7 Å². The van der Waals surface area contributed by atoms with Gasteiger partial charge >= 0.3 is 0 Å². The molecule has 5 rings (SSSR count). The van der Waals surface area contributed by atoms with Crippen molar-refractivity contribution in [3.63, 3.8) is 0 Å². The minimum atomic E-state index is 0.802. The van der Waals surface area contributed by atoms with Gasteiger partial charge in [0.25, 0.3) is 0 Å². The molecule has 4 aromatic rings. The highest BCUT2D eigenvalue weighted by Gasteiger charge is 2.21. The number of fused-ring (bicyclic) bond motifs is 6. The Morgan fingerprint density at radius 1 is 1.05 bits per heavy atom. The van der Waals surface area contributed by atoms with Gasteiger partial charge in [0.1, 0.15) is 7.85 Å². The maximum Gasteiger partial charge on any atom is 0.114 e. The number of aromatic nitrogens is 1. The number of aryl methyl sites for hydroxylation is 1. The fourth-order valence-corrected chi connectivity index (χ4v) is 4.11. The van der Waals surface area contributed by atoms with Crippen LogP contribution in [-0.2, 0) is 6.42 Å². The van der Waals surface area contributed by atoms with Crippen molar-refractivity contribution >= 4 is 58.3 Å². The molecule has 98 valence electrons. The van der Waals surface area contributed by atoms with Crippen molar-refractivity contribution in [2.45, 2.75) is 12.8 Å². The number of rotatable bonds is 0. The van der Waals surface area contributed by atoms with Crippen LogP contribution in [-0.4, -0.2) is 12.2 Å². The second-order valence-electron chi connectivity index (χ2n) is 5.70. The number of para-hydroxylation sites is 1. The van der Waals surface area contributed by atoms with Crippen molar-refractivity contribution in [3.05, 3.63) is 52.2 Å². The van der Waals surface area contributed by atoms with Gasteiger partial charge in [0.2, 0.25) is 0 Å². The first-order valence-electron chi connectivity index (χ1n) is 7.19. The third-order valence-corrected chi connectivity index (χ3v) is 4.93. The molecule has 1 aliphatic carbocycles. The summed E-state index contributed by atoms with van der Waals surface area (Å²) in [4.78, 5) is 0. The van der Waals surface area contributed by atoms with Gasteiger partial charge < -0.3 is 4.40 Å². The second-order valence-corrected chi connectivity index (χ2v) is 6.10. The molecule has 2 aromatic carbocycles. The fraction of sp³-hybridized carbons (Fsp3) is 0.111. The Kier molecular flexibility index (Phi) is 2.14. The van der Waals surface area contributed by atoms with E-state index in [9.17, 15) is 0 Å². The molecule has 1 aliphatic rings. The average Bonchev–Trinajstić information content (AvgIpc) is 3.00. The highest BCUT2D eigenvalue weighted by Crippen LogP contribution is 2.35. The first-order chi connectivity index (χ1) is 10.3. The summed E-state index contributed by atoms with van der Waals surface area (Å²) in [6, 6.07) is 12.3. The van der Waals surface area contributed by atoms with E-state index in [4.69, 9.17) is 19.4 Å². The molecule has 0 unspecified atom stereocenters. The lowest BCUT2D eigenvalue weighted by molar-refractivity contribution is 1.05. The summed E-state index contributed by atoms with van der Waals surface area (Å²) in [6.45, 7) is 0. The van der Waals surface area contributed by atoms with E-state index >= 15 is 0 Å². The molecular formula is C18H11BClN. The largest absolute Gasteiger partial charge is 0.307 e. The van der Waals surface area contributed by atoms with Gasteiger partial charge in [0.15, 0.2) is 0 Å². The van der Waals surface area contributed by atoms with Crippen LogP contribution in [0.2, 0.25) is 5.02 Å². The van der Waals surface area contributed by atoms with E-state index in [2.05, 4.69) is 22.6 Å². The zero-order valence-electron chi connectivity index (χ0n) is 11.4. The van der Waals surface area contributed by atoms with Crippen LogP contribution in [0.5, 0.6) is 0 Å². The molecule has 0 spiro atoms. The summed E-state index contributed by atoms with van der Waals surface area (Å²) < 4.78 is 2.30. The molecule has 0 amide bonds. The van der Waals surface area contributed by atoms with E-state index in [0.29, 0.717) is 0 Å². The van der Waals surface area contributed by atoms with Crippen LogP contribution >= 0.6 is 11.6 Å². The number of hydrogen-bond donors (Lipinski definition) is 0. The highest BCUT2D eigenvalue weighted by molar-refractivity contribution is 6.39. The van der Waals surface area contributed by atoms with Gasteiger partial charge in [0.05, 0.1) is 21.6 Å². The molecule has 0 bridgehead atoms. The standard InChI is InChI=1S/C18H11BClN/c19-13-7-3-9-15-16(13)12-6-1-4-10-11-5-2-8-14(20)18(11)21(15)17(10)12/h2-3,5-9H,1,4H2. The Hall–Kier alpha value is -1.93. The SMILES string of the molecule is [B]c1cccc2c1c1c3c(c4cccc(Cl)c4n32)CCC=1. The molecule has 0 atom stereocenters. The first-order valence-corrected chi connectivity index (χ1v) is 7.56. The minimum absolute atomic E-state index is 0.802. The van der Waals surface area contributed by atoms with Gasteiger partial charge in [-0.25, -0.2) is 0 Å². The van der Waals surface area contributed by atoms with Crippen molar-refractivity contribution in [3.8, 4) is 0 Å². The van der Waals surface area contributed by atoms with Gasteiger partial charge in [-0.2, -0.15) is 0 Å². The maximum absolute atomic E-state index is 6.51. The van der Waals surface area contributed by atoms with Gasteiger partial charge in [0, 0.05) is 16.0 Å². The summed E-state index contributed by atoms with van der Waals surface area (Å²) in [7, 11) is 6.25. The van der Waals surface area contributed by atoms with Gasteiger partial charge in [-0.15, -0.1) is 0 Å². The van der Waals surface area contributed by atoms with Crippen LogP contribution < -0.4 is 10.7 Å². The predicted octanol–water partition coefficient (Wildman–Crippen LogP) is 3.14. The normalized spacial score (nSPS) is 14.1. The van der Waals surface area contributed by atoms with Crippen LogP contribution in [0, 0.1) is 0 Å². The van der Waals surface area contributed by atoms with Crippen molar-refractivity contribution < 1.29 is 0 Å². The molecule has 21 heavy (non-hydrogen) atoms. The number of halogens is 1. The topological polar surface area (TPSA) is 4.41 Å². The molecule has 3 heteroatoms.